The summed E-state index contributed by atoms with van der Waals surface area (Å²) in [7, 11) is 2.03. The molecule has 4 heterocycles. The van der Waals surface area contributed by atoms with Crippen molar-refractivity contribution >= 4 is 39.0 Å². The monoisotopic (exact) mass is 465 g/mol. The summed E-state index contributed by atoms with van der Waals surface area (Å²) in [6.45, 7) is 10.1. The van der Waals surface area contributed by atoms with Gasteiger partial charge in [-0.15, -0.1) is 0 Å². The van der Waals surface area contributed by atoms with Crippen LogP contribution in [-0.4, -0.2) is 51.0 Å². The fourth-order valence-corrected chi connectivity index (χ4v) is 4.88. The highest BCUT2D eigenvalue weighted by Gasteiger charge is 2.21. The highest BCUT2D eigenvalue weighted by Crippen LogP contribution is 2.27. The molecule has 1 unspecified atom stereocenters. The number of fused-ring (bicyclic) bond motifs is 4. The summed E-state index contributed by atoms with van der Waals surface area (Å²) >= 11 is 0. The van der Waals surface area contributed by atoms with Crippen molar-refractivity contribution in [3.63, 3.8) is 0 Å². The lowest BCUT2D eigenvalue weighted by Crippen LogP contribution is -2.28. The van der Waals surface area contributed by atoms with Crippen molar-refractivity contribution in [1.82, 2.24) is 24.1 Å². The third-order valence-corrected chi connectivity index (χ3v) is 6.56. The Bertz CT molecular complexity index is 1680. The lowest BCUT2D eigenvalue weighted by molar-refractivity contribution is 0.186. The largest absolute Gasteiger partial charge is 0.381 e. The van der Waals surface area contributed by atoms with Gasteiger partial charge in [0.05, 0.1) is 42.3 Å². The van der Waals surface area contributed by atoms with Gasteiger partial charge in [0, 0.05) is 31.5 Å². The smallest absolute Gasteiger partial charge is 0.261 e. The molecule has 0 N–H and O–H groups in total. The van der Waals surface area contributed by atoms with E-state index in [9.17, 15) is 4.79 Å². The lowest BCUT2D eigenvalue weighted by Gasteiger charge is -2.23. The van der Waals surface area contributed by atoms with Crippen LogP contribution in [-0.2, 0) is 11.3 Å². The molecule has 1 fully saturated rings. The molecule has 0 aliphatic carbocycles. The maximum Gasteiger partial charge on any atom is 0.261 e. The van der Waals surface area contributed by atoms with Gasteiger partial charge in [-0.2, -0.15) is 5.10 Å². The third kappa shape index (κ3) is 3.59. The number of rotatable bonds is 5. The molecule has 0 spiro atoms. The molecule has 1 aliphatic rings. The van der Waals surface area contributed by atoms with Gasteiger partial charge in [-0.05, 0) is 30.7 Å². The van der Waals surface area contributed by atoms with Gasteiger partial charge in [0.25, 0.3) is 5.56 Å². The van der Waals surface area contributed by atoms with Gasteiger partial charge in [0.15, 0.2) is 5.82 Å². The highest BCUT2D eigenvalue weighted by molar-refractivity contribution is 5.89. The molecule has 5 aromatic rings. The maximum absolute atomic E-state index is 13.6. The Kier molecular flexibility index (Phi) is 5.16. The van der Waals surface area contributed by atoms with Crippen molar-refractivity contribution in [2.75, 3.05) is 31.7 Å². The SMILES string of the molecule is [C-]#[N+]c1cnn2c3ccccc3c(=O)n(Cc3nc(N(C)CC4CCOC4)c4ccccc4n3)c12. The van der Waals surface area contributed by atoms with Crippen LogP contribution in [0.25, 0.3) is 32.3 Å². The second-order valence-corrected chi connectivity index (χ2v) is 8.88. The molecule has 174 valence electrons. The number of hydrogen-bond acceptors (Lipinski definition) is 6. The molecule has 1 aliphatic heterocycles. The van der Waals surface area contributed by atoms with Crippen LogP contribution in [0.4, 0.5) is 11.5 Å². The lowest BCUT2D eigenvalue weighted by atomic mass is 10.1. The van der Waals surface area contributed by atoms with Crippen LogP contribution in [0, 0.1) is 12.5 Å². The molecule has 35 heavy (non-hydrogen) atoms. The number of nitrogens with zero attached hydrogens (tertiary/aromatic N) is 7. The molecule has 1 atom stereocenters. The van der Waals surface area contributed by atoms with E-state index in [0.717, 1.165) is 42.9 Å². The Labute approximate surface area is 201 Å². The van der Waals surface area contributed by atoms with Gasteiger partial charge in [0.2, 0.25) is 5.69 Å². The number of benzene rings is 2. The summed E-state index contributed by atoms with van der Waals surface area (Å²) in [5.41, 5.74) is 2.03. The van der Waals surface area contributed by atoms with Crippen molar-refractivity contribution in [3.8, 4) is 0 Å². The normalized spacial score (nSPS) is 15.7. The van der Waals surface area contributed by atoms with Crippen LogP contribution in [0.15, 0.2) is 59.5 Å². The average molecular weight is 466 g/mol. The quantitative estimate of drug-likeness (QED) is 0.369. The number of para-hydroxylation sites is 2. The Morgan fingerprint density at radius 3 is 2.74 bits per heavy atom. The predicted molar refractivity (Wildman–Crippen MR) is 134 cm³/mol. The van der Waals surface area contributed by atoms with Crippen LogP contribution < -0.4 is 10.5 Å². The summed E-state index contributed by atoms with van der Waals surface area (Å²) in [5.74, 6) is 1.78. The molecule has 0 amide bonds. The summed E-state index contributed by atoms with van der Waals surface area (Å²) in [5, 5.41) is 5.88. The van der Waals surface area contributed by atoms with Crippen LogP contribution >= 0.6 is 0 Å². The minimum Gasteiger partial charge on any atom is -0.381 e. The standard InChI is InChI=1S/C26H23N7O2/c1-27-21-13-28-33-22-10-6-4-8-19(22)26(34)32(25(21)33)15-23-29-20-9-5-3-7-18(20)24(30-23)31(2)14-17-11-12-35-16-17/h3-10,13,17H,11-12,14-16H2,2H3. The molecule has 6 rings (SSSR count). The number of anilines is 1. The molecule has 2 aromatic carbocycles. The summed E-state index contributed by atoms with van der Waals surface area (Å²) in [4.78, 5) is 29.0. The van der Waals surface area contributed by atoms with Crippen molar-refractivity contribution in [3.05, 3.63) is 82.3 Å². The first-order chi connectivity index (χ1) is 17.1. The molecule has 3 aromatic heterocycles. The highest BCUT2D eigenvalue weighted by atomic mass is 16.5. The van der Waals surface area contributed by atoms with Gasteiger partial charge in [0.1, 0.15) is 11.5 Å². The zero-order valence-electron chi connectivity index (χ0n) is 19.3. The van der Waals surface area contributed by atoms with E-state index in [1.807, 2.05) is 49.5 Å². The van der Waals surface area contributed by atoms with Gasteiger partial charge >= 0.3 is 0 Å². The van der Waals surface area contributed by atoms with Crippen molar-refractivity contribution in [2.45, 2.75) is 13.0 Å². The van der Waals surface area contributed by atoms with Gasteiger partial charge in [-0.25, -0.2) is 19.3 Å². The van der Waals surface area contributed by atoms with Crippen LogP contribution in [0.2, 0.25) is 0 Å². The van der Waals surface area contributed by atoms with Crippen LogP contribution in [0.3, 0.4) is 0 Å². The second kappa shape index (κ2) is 8.49. The minimum absolute atomic E-state index is 0.125. The number of hydrogen-bond donors (Lipinski definition) is 0. The van der Waals surface area contributed by atoms with Gasteiger partial charge in [-0.1, -0.05) is 24.3 Å². The van der Waals surface area contributed by atoms with E-state index in [1.54, 1.807) is 15.1 Å². The zero-order valence-corrected chi connectivity index (χ0v) is 19.3. The zero-order chi connectivity index (χ0) is 23.9. The van der Waals surface area contributed by atoms with Gasteiger partial charge < -0.3 is 9.64 Å². The summed E-state index contributed by atoms with van der Waals surface area (Å²) in [6, 6.07) is 15.2. The summed E-state index contributed by atoms with van der Waals surface area (Å²) in [6.07, 6.45) is 2.53. The average Bonchev–Trinajstić information content (AvgIpc) is 3.56. The topological polar surface area (TPSA) is 81.9 Å². The van der Waals surface area contributed by atoms with E-state index < -0.39 is 0 Å². The molecule has 0 saturated carbocycles. The van der Waals surface area contributed by atoms with E-state index in [4.69, 9.17) is 21.3 Å². The van der Waals surface area contributed by atoms with Crippen LogP contribution in [0.1, 0.15) is 12.2 Å². The van der Waals surface area contributed by atoms with Gasteiger partial charge in [-0.3, -0.25) is 9.36 Å². The Morgan fingerprint density at radius 1 is 1.14 bits per heavy atom. The molecular formula is C26H23N7O2. The molecule has 9 heteroatoms. The van der Waals surface area contributed by atoms with E-state index in [1.165, 1.54) is 6.20 Å². The van der Waals surface area contributed by atoms with Crippen LogP contribution in [0.5, 0.6) is 0 Å². The molecular weight excluding hydrogens is 442 g/mol. The van der Waals surface area contributed by atoms with E-state index in [2.05, 4.69) is 14.8 Å². The predicted octanol–water partition coefficient (Wildman–Crippen LogP) is 3.66. The Balaban J connectivity index is 1.51. The van der Waals surface area contributed by atoms with E-state index in [-0.39, 0.29) is 12.1 Å². The first kappa shape index (κ1) is 21.3. The number of aromatic nitrogens is 5. The fraction of sp³-hybridized carbons (Fsp3) is 0.269. The molecule has 0 bridgehead atoms. The van der Waals surface area contributed by atoms with E-state index >= 15 is 0 Å². The fourth-order valence-electron chi connectivity index (χ4n) is 4.88. The second-order valence-electron chi connectivity index (χ2n) is 8.88. The first-order valence-corrected chi connectivity index (χ1v) is 11.6. The number of ether oxygens (including phenoxy) is 1. The molecule has 1 saturated heterocycles. The summed E-state index contributed by atoms with van der Waals surface area (Å²) < 4.78 is 8.77. The third-order valence-electron chi connectivity index (χ3n) is 6.56. The molecule has 0 radical (unpaired) electrons. The molecule has 9 nitrogen and oxygen atoms in total. The maximum atomic E-state index is 13.6. The Morgan fingerprint density at radius 2 is 1.94 bits per heavy atom. The van der Waals surface area contributed by atoms with Crippen molar-refractivity contribution in [2.24, 2.45) is 5.92 Å². The van der Waals surface area contributed by atoms with E-state index in [0.29, 0.717) is 34.0 Å². The first-order valence-electron chi connectivity index (χ1n) is 11.6. The van der Waals surface area contributed by atoms with Crippen molar-refractivity contribution in [1.29, 1.82) is 0 Å². The minimum atomic E-state index is -0.201. The Hall–Kier alpha value is -4.29. The van der Waals surface area contributed by atoms with Crippen molar-refractivity contribution < 1.29 is 4.74 Å².